The summed E-state index contributed by atoms with van der Waals surface area (Å²) in [5, 5.41) is 3.38. The van der Waals surface area contributed by atoms with Gasteiger partial charge in [-0.3, -0.25) is 9.80 Å². The summed E-state index contributed by atoms with van der Waals surface area (Å²) in [6.45, 7) is 8.48. The summed E-state index contributed by atoms with van der Waals surface area (Å²) in [6.07, 6.45) is 7.39. The van der Waals surface area contributed by atoms with Crippen LogP contribution in [0.15, 0.2) is 11.6 Å². The lowest BCUT2D eigenvalue weighted by Crippen LogP contribution is -2.59. The monoisotopic (exact) mass is 279 g/mol. The topological polar surface area (TPSA) is 19.4 Å². The predicted octanol–water partition coefficient (Wildman–Crippen LogP) is 3.15. The van der Waals surface area contributed by atoms with Gasteiger partial charge >= 0.3 is 0 Å². The van der Waals surface area contributed by atoms with E-state index in [0.29, 0.717) is 12.1 Å². The first-order valence-electron chi connectivity index (χ1n) is 7.68. The van der Waals surface area contributed by atoms with Crippen molar-refractivity contribution in [2.24, 2.45) is 0 Å². The smallest absolute Gasteiger partial charge is 0.109 e. The van der Waals surface area contributed by atoms with Gasteiger partial charge in [0.1, 0.15) is 5.01 Å². The fourth-order valence-electron chi connectivity index (χ4n) is 3.70. The molecular formula is C15H25N3S. The summed E-state index contributed by atoms with van der Waals surface area (Å²) in [6, 6.07) is 1.97. The zero-order chi connectivity index (χ0) is 13.2. The minimum absolute atomic E-state index is 0.481. The highest BCUT2D eigenvalue weighted by molar-refractivity contribution is 7.09. The van der Waals surface area contributed by atoms with Crippen molar-refractivity contribution in [2.45, 2.75) is 57.7 Å². The number of piperazine rings is 1. The Hall–Kier alpha value is -0.450. The maximum atomic E-state index is 4.53. The maximum absolute atomic E-state index is 4.53. The van der Waals surface area contributed by atoms with Gasteiger partial charge in [0.2, 0.25) is 0 Å². The van der Waals surface area contributed by atoms with E-state index in [4.69, 9.17) is 0 Å². The van der Waals surface area contributed by atoms with Crippen molar-refractivity contribution in [2.75, 3.05) is 19.6 Å². The lowest BCUT2D eigenvalue weighted by Gasteiger charge is -2.50. The first-order valence-corrected chi connectivity index (χ1v) is 8.56. The van der Waals surface area contributed by atoms with Gasteiger partial charge in [-0.1, -0.05) is 13.3 Å². The molecule has 1 aromatic heterocycles. The summed E-state index contributed by atoms with van der Waals surface area (Å²) in [5.41, 5.74) is 0. The van der Waals surface area contributed by atoms with Crippen molar-refractivity contribution in [1.29, 1.82) is 0 Å². The summed E-state index contributed by atoms with van der Waals surface area (Å²) in [5.74, 6) is 0. The molecule has 2 aliphatic heterocycles. The molecule has 3 nitrogen and oxygen atoms in total. The van der Waals surface area contributed by atoms with Crippen LogP contribution in [0.25, 0.3) is 0 Å². The van der Waals surface area contributed by atoms with Crippen molar-refractivity contribution in [3.63, 3.8) is 0 Å². The van der Waals surface area contributed by atoms with Gasteiger partial charge in [0.15, 0.2) is 0 Å². The summed E-state index contributed by atoms with van der Waals surface area (Å²) >= 11 is 1.80. The molecule has 106 valence electrons. The second-order valence-electron chi connectivity index (χ2n) is 5.95. The van der Waals surface area contributed by atoms with Gasteiger partial charge in [-0.25, -0.2) is 4.98 Å². The highest BCUT2D eigenvalue weighted by Crippen LogP contribution is 2.32. The highest BCUT2D eigenvalue weighted by Gasteiger charge is 2.36. The molecule has 4 heteroatoms. The average Bonchev–Trinajstić information content (AvgIpc) is 2.99. The Balaban J connectivity index is 1.75. The molecule has 3 heterocycles. The van der Waals surface area contributed by atoms with E-state index < -0.39 is 0 Å². The Morgan fingerprint density at radius 2 is 2.32 bits per heavy atom. The number of aromatic nitrogens is 1. The van der Waals surface area contributed by atoms with Crippen LogP contribution in [-0.2, 0) is 0 Å². The second-order valence-corrected chi connectivity index (χ2v) is 6.88. The summed E-state index contributed by atoms with van der Waals surface area (Å²) in [7, 11) is 0. The van der Waals surface area contributed by atoms with E-state index in [0.717, 1.165) is 6.04 Å². The van der Waals surface area contributed by atoms with Crippen LogP contribution < -0.4 is 0 Å². The molecule has 0 aliphatic carbocycles. The Bertz CT molecular complexity index is 392. The van der Waals surface area contributed by atoms with Gasteiger partial charge < -0.3 is 0 Å². The fourth-order valence-corrected chi connectivity index (χ4v) is 4.41. The second kappa shape index (κ2) is 5.90. The normalized spacial score (nSPS) is 31.1. The van der Waals surface area contributed by atoms with Gasteiger partial charge in [-0.15, -0.1) is 11.3 Å². The number of hydrogen-bond acceptors (Lipinski definition) is 4. The van der Waals surface area contributed by atoms with E-state index in [1.165, 1.54) is 50.3 Å². The molecule has 3 rings (SSSR count). The van der Waals surface area contributed by atoms with Crippen LogP contribution >= 0.6 is 11.3 Å². The predicted molar refractivity (Wildman–Crippen MR) is 80.5 cm³/mol. The van der Waals surface area contributed by atoms with Gasteiger partial charge in [0.05, 0.1) is 6.04 Å². The summed E-state index contributed by atoms with van der Waals surface area (Å²) < 4.78 is 0. The molecule has 2 saturated heterocycles. The van der Waals surface area contributed by atoms with Crippen molar-refractivity contribution in [3.8, 4) is 0 Å². The van der Waals surface area contributed by atoms with E-state index in [1.807, 2.05) is 6.20 Å². The third-order valence-electron chi connectivity index (χ3n) is 4.86. The number of nitrogens with zero attached hydrogens (tertiary/aromatic N) is 3. The van der Waals surface area contributed by atoms with Crippen molar-refractivity contribution in [1.82, 2.24) is 14.8 Å². The maximum Gasteiger partial charge on any atom is 0.109 e. The minimum atomic E-state index is 0.481. The number of hydrogen-bond donors (Lipinski definition) is 0. The van der Waals surface area contributed by atoms with E-state index in [1.54, 1.807) is 11.3 Å². The largest absolute Gasteiger partial charge is 0.298 e. The molecule has 0 bridgehead atoms. The molecule has 0 spiro atoms. The first-order chi connectivity index (χ1) is 9.29. The molecule has 3 atom stereocenters. The molecule has 0 N–H and O–H groups in total. The molecule has 3 unspecified atom stereocenters. The van der Waals surface area contributed by atoms with Crippen molar-refractivity contribution < 1.29 is 0 Å². The van der Waals surface area contributed by atoms with Gasteiger partial charge in [0.25, 0.3) is 0 Å². The van der Waals surface area contributed by atoms with Crippen LogP contribution in [0.1, 0.15) is 50.6 Å². The standard InChI is InChI=1S/C15H25N3S/c1-3-13-10-17-8-5-4-6-14(17)11-18(13)12(2)15-16-7-9-19-15/h7,9,12-14H,3-6,8,10-11H2,1-2H3. The molecule has 0 amide bonds. The Morgan fingerprint density at radius 3 is 3.05 bits per heavy atom. The Labute approximate surface area is 120 Å². The molecule has 19 heavy (non-hydrogen) atoms. The highest BCUT2D eigenvalue weighted by atomic mass is 32.1. The molecule has 2 fully saturated rings. The fraction of sp³-hybridized carbons (Fsp3) is 0.800. The SMILES string of the molecule is CCC1CN2CCCCC2CN1C(C)c1nccs1. The lowest BCUT2D eigenvalue weighted by molar-refractivity contribution is -0.0124. The van der Waals surface area contributed by atoms with Gasteiger partial charge in [-0.2, -0.15) is 0 Å². The molecule has 0 saturated carbocycles. The Kier molecular flexibility index (Phi) is 4.20. The van der Waals surface area contributed by atoms with Crippen LogP contribution in [0.5, 0.6) is 0 Å². The van der Waals surface area contributed by atoms with E-state index >= 15 is 0 Å². The molecule has 2 aliphatic rings. The van der Waals surface area contributed by atoms with Crippen LogP contribution in [0, 0.1) is 0 Å². The zero-order valence-electron chi connectivity index (χ0n) is 12.1. The molecule has 1 aromatic rings. The molecular weight excluding hydrogens is 254 g/mol. The number of rotatable bonds is 3. The van der Waals surface area contributed by atoms with Gasteiger partial charge in [0, 0.05) is 36.8 Å². The quantitative estimate of drug-likeness (QED) is 0.847. The third-order valence-corrected chi connectivity index (χ3v) is 5.81. The zero-order valence-corrected chi connectivity index (χ0v) is 12.9. The third kappa shape index (κ3) is 2.71. The molecule has 0 aromatic carbocycles. The van der Waals surface area contributed by atoms with Crippen molar-refractivity contribution in [3.05, 3.63) is 16.6 Å². The minimum Gasteiger partial charge on any atom is -0.298 e. The molecule has 0 radical (unpaired) electrons. The number of thiazole rings is 1. The first kappa shape index (κ1) is 13.5. The van der Waals surface area contributed by atoms with E-state index in [-0.39, 0.29) is 0 Å². The van der Waals surface area contributed by atoms with Crippen LogP contribution in [0.3, 0.4) is 0 Å². The average molecular weight is 279 g/mol. The summed E-state index contributed by atoms with van der Waals surface area (Å²) in [4.78, 5) is 9.98. The van der Waals surface area contributed by atoms with Crippen LogP contribution in [0.4, 0.5) is 0 Å². The number of piperidine rings is 1. The van der Waals surface area contributed by atoms with Crippen LogP contribution in [-0.4, -0.2) is 46.5 Å². The number of fused-ring (bicyclic) bond motifs is 1. The van der Waals surface area contributed by atoms with E-state index in [2.05, 4.69) is 34.0 Å². The van der Waals surface area contributed by atoms with Crippen LogP contribution in [0.2, 0.25) is 0 Å². The van der Waals surface area contributed by atoms with Crippen molar-refractivity contribution >= 4 is 11.3 Å². The lowest BCUT2D eigenvalue weighted by atomic mass is 9.95. The Morgan fingerprint density at radius 1 is 1.42 bits per heavy atom. The van der Waals surface area contributed by atoms with E-state index in [9.17, 15) is 0 Å². The van der Waals surface area contributed by atoms with Gasteiger partial charge in [-0.05, 0) is 32.7 Å².